The number of benzene rings is 1. The van der Waals surface area contributed by atoms with Gasteiger partial charge in [0.2, 0.25) is 5.91 Å². The fourth-order valence-electron chi connectivity index (χ4n) is 5.67. The zero-order valence-electron chi connectivity index (χ0n) is 22.3. The lowest BCUT2D eigenvalue weighted by atomic mass is 9.79. The molecule has 1 saturated carbocycles. The Bertz CT molecular complexity index is 1150. The number of rotatable bonds is 7. The Morgan fingerprint density at radius 1 is 1.13 bits per heavy atom. The number of nitrogens with zero attached hydrogens (tertiary/aromatic N) is 4. The molecule has 2 amide bonds. The number of carbonyl (C=O) groups is 3. The van der Waals surface area contributed by atoms with Crippen LogP contribution < -0.4 is 10.2 Å². The molecular formula is C28H37N5O4S. The summed E-state index contributed by atoms with van der Waals surface area (Å²) < 4.78 is 5.32. The van der Waals surface area contributed by atoms with E-state index in [1.54, 1.807) is 28.4 Å². The standard InChI is InChI=1S/C28H37N5O4S/c1-3-33(23-17-37-18-24(23)34)26(36)28(11-5-4-6-12-28)30-25(35)21-9-7-20(8-10-21)22-19-38-27(29-22)32-15-13-31(2)14-16-32/h7-10,19,23H,3-6,11-18H2,1-2H3,(H,30,35). The van der Waals surface area contributed by atoms with Crippen molar-refractivity contribution in [2.24, 2.45) is 0 Å². The van der Waals surface area contributed by atoms with Crippen LogP contribution in [0.3, 0.4) is 0 Å². The first-order valence-corrected chi connectivity index (χ1v) is 14.5. The van der Waals surface area contributed by atoms with Gasteiger partial charge in [-0.05, 0) is 38.9 Å². The molecule has 1 N–H and O–H groups in total. The molecule has 204 valence electrons. The van der Waals surface area contributed by atoms with E-state index in [4.69, 9.17) is 9.72 Å². The normalized spacial score (nSPS) is 21.9. The van der Waals surface area contributed by atoms with Crippen molar-refractivity contribution in [3.8, 4) is 11.3 Å². The van der Waals surface area contributed by atoms with Crippen molar-refractivity contribution in [3.63, 3.8) is 0 Å². The Morgan fingerprint density at radius 3 is 2.47 bits per heavy atom. The van der Waals surface area contributed by atoms with Crippen LogP contribution in [0.2, 0.25) is 0 Å². The molecule has 10 heteroatoms. The summed E-state index contributed by atoms with van der Waals surface area (Å²) in [5.74, 6) is -0.522. The van der Waals surface area contributed by atoms with Crippen molar-refractivity contribution in [1.82, 2.24) is 20.1 Å². The van der Waals surface area contributed by atoms with Crippen LogP contribution in [0, 0.1) is 0 Å². The lowest BCUT2D eigenvalue weighted by Gasteiger charge is -2.41. The SMILES string of the molecule is CCN(C(=O)C1(NC(=O)c2ccc(-c3csc(N4CCN(C)CC4)n3)cc2)CCCCC1)C1COCC1=O. The highest BCUT2D eigenvalue weighted by Gasteiger charge is 2.46. The first kappa shape index (κ1) is 26.8. The van der Waals surface area contributed by atoms with Gasteiger partial charge in [0.05, 0.1) is 12.3 Å². The summed E-state index contributed by atoms with van der Waals surface area (Å²) in [6.07, 6.45) is 3.89. The number of hydrogen-bond acceptors (Lipinski definition) is 8. The Morgan fingerprint density at radius 2 is 1.84 bits per heavy atom. The van der Waals surface area contributed by atoms with Gasteiger partial charge in [0.15, 0.2) is 10.9 Å². The quantitative estimate of drug-likeness (QED) is 0.578. The van der Waals surface area contributed by atoms with Gasteiger partial charge in [-0.1, -0.05) is 31.4 Å². The van der Waals surface area contributed by atoms with E-state index in [2.05, 4.69) is 27.5 Å². The number of hydrogen-bond donors (Lipinski definition) is 1. The van der Waals surface area contributed by atoms with E-state index in [1.807, 2.05) is 19.1 Å². The van der Waals surface area contributed by atoms with Crippen LogP contribution in [0.15, 0.2) is 29.6 Å². The van der Waals surface area contributed by atoms with E-state index in [0.29, 0.717) is 24.9 Å². The minimum absolute atomic E-state index is 0.0377. The fraction of sp³-hybridized carbons (Fsp3) is 0.571. The number of anilines is 1. The molecule has 1 aliphatic carbocycles. The molecule has 0 spiro atoms. The van der Waals surface area contributed by atoms with E-state index in [0.717, 1.165) is 61.8 Å². The van der Waals surface area contributed by atoms with Crippen molar-refractivity contribution in [2.75, 3.05) is 57.9 Å². The molecule has 2 saturated heterocycles. The minimum Gasteiger partial charge on any atom is -0.371 e. The maximum Gasteiger partial charge on any atom is 0.252 e. The van der Waals surface area contributed by atoms with E-state index >= 15 is 0 Å². The van der Waals surface area contributed by atoms with Crippen molar-refractivity contribution < 1.29 is 19.1 Å². The molecule has 3 fully saturated rings. The molecule has 3 aliphatic rings. The highest BCUT2D eigenvalue weighted by Crippen LogP contribution is 2.32. The second-order valence-corrected chi connectivity index (χ2v) is 11.4. The van der Waals surface area contributed by atoms with Crippen molar-refractivity contribution >= 4 is 34.1 Å². The smallest absolute Gasteiger partial charge is 0.252 e. The molecule has 1 unspecified atom stereocenters. The van der Waals surface area contributed by atoms with Crippen LogP contribution in [-0.4, -0.2) is 96.9 Å². The van der Waals surface area contributed by atoms with Crippen LogP contribution in [0.1, 0.15) is 49.4 Å². The van der Waals surface area contributed by atoms with Crippen molar-refractivity contribution in [2.45, 2.75) is 50.6 Å². The Hall–Kier alpha value is -2.82. The van der Waals surface area contributed by atoms with Gasteiger partial charge >= 0.3 is 0 Å². The molecule has 1 aromatic heterocycles. The predicted octanol–water partition coefficient (Wildman–Crippen LogP) is 2.81. The van der Waals surface area contributed by atoms with Gasteiger partial charge in [0, 0.05) is 49.2 Å². The first-order chi connectivity index (χ1) is 18.4. The number of ether oxygens (including phenoxy) is 1. The number of amides is 2. The van der Waals surface area contributed by atoms with E-state index in [9.17, 15) is 14.4 Å². The fourth-order valence-corrected chi connectivity index (χ4v) is 6.56. The summed E-state index contributed by atoms with van der Waals surface area (Å²) in [6, 6.07) is 6.86. The molecular weight excluding hydrogens is 502 g/mol. The minimum atomic E-state index is -1.00. The third-order valence-electron chi connectivity index (χ3n) is 8.05. The molecule has 2 aromatic rings. The number of carbonyl (C=O) groups excluding carboxylic acids is 3. The van der Waals surface area contributed by atoms with Gasteiger partial charge in [0.25, 0.3) is 5.91 Å². The number of piperazine rings is 1. The van der Waals surface area contributed by atoms with Gasteiger partial charge in [-0.25, -0.2) is 4.98 Å². The zero-order chi connectivity index (χ0) is 26.7. The van der Waals surface area contributed by atoms with E-state index in [1.165, 1.54) is 0 Å². The first-order valence-electron chi connectivity index (χ1n) is 13.6. The summed E-state index contributed by atoms with van der Waals surface area (Å²) in [6.45, 7) is 6.53. The molecule has 38 heavy (non-hydrogen) atoms. The van der Waals surface area contributed by atoms with Gasteiger partial charge < -0.3 is 24.8 Å². The van der Waals surface area contributed by atoms with Crippen LogP contribution in [0.4, 0.5) is 5.13 Å². The molecule has 2 aliphatic heterocycles. The van der Waals surface area contributed by atoms with Crippen LogP contribution >= 0.6 is 11.3 Å². The summed E-state index contributed by atoms with van der Waals surface area (Å²) in [5, 5.41) is 6.19. The van der Waals surface area contributed by atoms with Gasteiger partial charge in [-0.15, -0.1) is 11.3 Å². The molecule has 1 atom stereocenters. The summed E-state index contributed by atoms with van der Waals surface area (Å²) >= 11 is 1.65. The molecule has 9 nitrogen and oxygen atoms in total. The molecule has 3 heterocycles. The second-order valence-electron chi connectivity index (χ2n) is 10.6. The van der Waals surface area contributed by atoms with Crippen molar-refractivity contribution in [1.29, 1.82) is 0 Å². The average molecular weight is 540 g/mol. The van der Waals surface area contributed by atoms with Crippen molar-refractivity contribution in [3.05, 3.63) is 35.2 Å². The largest absolute Gasteiger partial charge is 0.371 e. The second kappa shape index (κ2) is 11.5. The van der Waals surface area contributed by atoms with Gasteiger partial charge in [0.1, 0.15) is 18.2 Å². The Kier molecular flexibility index (Phi) is 8.11. The Balaban J connectivity index is 1.29. The topological polar surface area (TPSA) is 95.1 Å². The van der Waals surface area contributed by atoms with Crippen LogP contribution in [0.5, 0.6) is 0 Å². The number of likely N-dealkylation sites (N-methyl/N-ethyl adjacent to an activating group) is 2. The molecule has 0 radical (unpaired) electrons. The predicted molar refractivity (Wildman–Crippen MR) is 148 cm³/mol. The summed E-state index contributed by atoms with van der Waals surface area (Å²) in [5.41, 5.74) is 1.36. The average Bonchev–Trinajstić information content (AvgIpc) is 3.60. The maximum atomic E-state index is 13.8. The maximum absolute atomic E-state index is 13.8. The third kappa shape index (κ3) is 5.48. The highest BCUT2D eigenvalue weighted by molar-refractivity contribution is 7.14. The van der Waals surface area contributed by atoms with E-state index < -0.39 is 11.6 Å². The molecule has 0 bridgehead atoms. The molecule has 5 rings (SSSR count). The summed E-state index contributed by atoms with van der Waals surface area (Å²) in [7, 11) is 2.14. The van der Waals surface area contributed by atoms with E-state index in [-0.39, 0.29) is 30.8 Å². The Labute approximate surface area is 228 Å². The van der Waals surface area contributed by atoms with Crippen LogP contribution in [0.25, 0.3) is 11.3 Å². The number of Topliss-reactive ketones (excluding diaryl/α,β-unsaturated/α-hetero) is 1. The van der Waals surface area contributed by atoms with Gasteiger partial charge in [-0.3, -0.25) is 14.4 Å². The summed E-state index contributed by atoms with van der Waals surface area (Å²) in [4.78, 5) is 50.7. The monoisotopic (exact) mass is 539 g/mol. The lowest BCUT2D eigenvalue weighted by Crippen LogP contribution is -2.63. The number of nitrogens with one attached hydrogen (secondary N) is 1. The lowest BCUT2D eigenvalue weighted by molar-refractivity contribution is -0.144. The number of ketones is 1. The number of aromatic nitrogens is 1. The number of thiazole rings is 1. The molecule has 1 aromatic carbocycles. The van der Waals surface area contributed by atoms with Crippen LogP contribution in [-0.2, 0) is 14.3 Å². The third-order valence-corrected chi connectivity index (χ3v) is 8.95. The highest BCUT2D eigenvalue weighted by atomic mass is 32.1. The zero-order valence-corrected chi connectivity index (χ0v) is 23.1. The van der Waals surface area contributed by atoms with Gasteiger partial charge in [-0.2, -0.15) is 0 Å².